The molecule has 3 unspecified atom stereocenters. The third-order valence-corrected chi connectivity index (χ3v) is 6.34. The van der Waals surface area contributed by atoms with Crippen molar-refractivity contribution in [2.45, 2.75) is 10.8 Å². The molecule has 1 saturated heterocycles. The Labute approximate surface area is 117 Å². The lowest BCUT2D eigenvalue weighted by Crippen LogP contribution is -2.33. The molecule has 4 nitrogen and oxygen atoms in total. The number of nitrogens with zero attached hydrogens (tertiary/aromatic N) is 1. The zero-order valence-corrected chi connectivity index (χ0v) is 12.1. The van der Waals surface area contributed by atoms with Crippen molar-refractivity contribution in [3.8, 4) is 11.1 Å². The van der Waals surface area contributed by atoms with Crippen LogP contribution in [0.3, 0.4) is 0 Å². The third-order valence-electron chi connectivity index (χ3n) is 4.16. The number of hydrogen-bond donors (Lipinski definition) is 1. The van der Waals surface area contributed by atoms with Crippen molar-refractivity contribution in [3.63, 3.8) is 0 Å². The Morgan fingerprint density at radius 3 is 2.53 bits per heavy atom. The summed E-state index contributed by atoms with van der Waals surface area (Å²) in [5, 5.41) is 5.33. The van der Waals surface area contributed by atoms with Crippen LogP contribution in [0.4, 0.5) is 0 Å². The fourth-order valence-corrected chi connectivity index (χ4v) is 4.80. The van der Waals surface area contributed by atoms with Crippen molar-refractivity contribution in [3.05, 3.63) is 24.3 Å². The van der Waals surface area contributed by atoms with Crippen LogP contribution in [0.25, 0.3) is 11.1 Å². The molecule has 1 N–H and O–H groups in total. The number of rotatable bonds is 2. The molecule has 0 radical (unpaired) electrons. The van der Waals surface area contributed by atoms with Gasteiger partial charge in [0.05, 0.1) is 11.2 Å². The normalized spacial score (nSPS) is 32.5. The molecule has 0 spiro atoms. The maximum Gasteiger partial charge on any atom is 0.156 e. The summed E-state index contributed by atoms with van der Waals surface area (Å²) in [6.45, 7) is 1.22. The van der Waals surface area contributed by atoms with E-state index in [1.165, 1.54) is 17.4 Å². The molecular formula is C13H14N2O2S2. The van der Waals surface area contributed by atoms with Gasteiger partial charge < -0.3 is 5.32 Å². The molecule has 0 amide bonds. The predicted octanol–water partition coefficient (Wildman–Crippen LogP) is 1.14. The van der Waals surface area contributed by atoms with Crippen LogP contribution in [0.1, 0.15) is 0 Å². The highest BCUT2D eigenvalue weighted by Gasteiger charge is 2.73. The summed E-state index contributed by atoms with van der Waals surface area (Å²) in [6, 6.07) is 8.33. The molecule has 100 valence electrons. The Bertz CT molecular complexity index is 662. The van der Waals surface area contributed by atoms with Gasteiger partial charge in [-0.1, -0.05) is 18.2 Å². The van der Waals surface area contributed by atoms with Crippen molar-refractivity contribution >= 4 is 27.2 Å². The summed E-state index contributed by atoms with van der Waals surface area (Å²) in [5.41, 5.74) is 2.85. The smallest absolute Gasteiger partial charge is 0.156 e. The summed E-state index contributed by atoms with van der Waals surface area (Å²) >= 11 is 4.49. The van der Waals surface area contributed by atoms with Crippen LogP contribution in [0.15, 0.2) is 29.3 Å². The minimum Gasteiger partial charge on any atom is -0.315 e. The lowest BCUT2D eigenvalue weighted by atomic mass is 10.4. The second kappa shape index (κ2) is 4.21. The Morgan fingerprint density at radius 1 is 1.47 bits per heavy atom. The van der Waals surface area contributed by atoms with E-state index in [4.69, 9.17) is 0 Å². The van der Waals surface area contributed by atoms with Crippen LogP contribution >= 0.6 is 12.2 Å². The molecule has 3 atom stereocenters. The fraction of sp³-hybridized carbons (Fsp3) is 0.462. The molecule has 0 aromatic rings. The lowest BCUT2D eigenvalue weighted by molar-refractivity contribution is 0.578. The quantitative estimate of drug-likeness (QED) is 0.666. The first kappa shape index (κ1) is 12.9. The largest absolute Gasteiger partial charge is 0.315 e. The molecule has 19 heavy (non-hydrogen) atoms. The van der Waals surface area contributed by atoms with Crippen molar-refractivity contribution in [2.24, 2.45) is 10.9 Å². The molecule has 0 aromatic carbocycles. The monoisotopic (exact) mass is 294 g/mol. The number of isothiocyanates is 1. The molecule has 3 aliphatic carbocycles. The van der Waals surface area contributed by atoms with Gasteiger partial charge in [0.1, 0.15) is 4.75 Å². The number of hydrogen-bond acceptors (Lipinski definition) is 5. The number of aliphatic imine (C=N–C) groups is 1. The first-order valence-corrected chi connectivity index (χ1v) is 8.38. The lowest BCUT2D eigenvalue weighted by Gasteiger charge is -2.09. The van der Waals surface area contributed by atoms with E-state index in [2.05, 4.69) is 52.0 Å². The van der Waals surface area contributed by atoms with Crippen LogP contribution in [0, 0.1) is 5.92 Å². The van der Waals surface area contributed by atoms with E-state index < -0.39 is 14.6 Å². The van der Waals surface area contributed by atoms with E-state index in [0.29, 0.717) is 6.54 Å². The second-order valence-corrected chi connectivity index (χ2v) is 7.70. The Morgan fingerprint density at radius 2 is 2.16 bits per heavy atom. The molecule has 4 rings (SSSR count). The second-order valence-electron chi connectivity index (χ2n) is 5.21. The van der Waals surface area contributed by atoms with Gasteiger partial charge in [-0.25, -0.2) is 13.4 Å². The molecule has 2 fully saturated rings. The van der Waals surface area contributed by atoms with Gasteiger partial charge >= 0.3 is 0 Å². The summed E-state index contributed by atoms with van der Waals surface area (Å²) in [5.74, 6) is 0.109. The van der Waals surface area contributed by atoms with Gasteiger partial charge in [0, 0.05) is 25.3 Å². The zero-order valence-electron chi connectivity index (χ0n) is 10.5. The minimum absolute atomic E-state index is 0.109. The van der Waals surface area contributed by atoms with Gasteiger partial charge in [-0.05, 0) is 29.4 Å². The molecule has 6 heteroatoms. The van der Waals surface area contributed by atoms with E-state index in [1.807, 2.05) is 0 Å². The van der Waals surface area contributed by atoms with Crippen LogP contribution < -0.4 is 5.32 Å². The average Bonchev–Trinajstić information content (AvgIpc) is 3.08. The van der Waals surface area contributed by atoms with E-state index in [9.17, 15) is 8.42 Å². The number of fused-ring (bicyclic) bond motifs is 2. The maximum atomic E-state index is 11.5. The van der Waals surface area contributed by atoms with Gasteiger partial charge in [0.15, 0.2) is 9.84 Å². The Balaban J connectivity index is 0.000000151. The van der Waals surface area contributed by atoms with E-state index in [-0.39, 0.29) is 12.0 Å². The van der Waals surface area contributed by atoms with E-state index in [0.717, 1.165) is 6.54 Å². The summed E-state index contributed by atoms with van der Waals surface area (Å²) in [7, 11) is -3.04. The molecule has 1 saturated carbocycles. The molecule has 1 heterocycles. The molecule has 0 bridgehead atoms. The number of sulfone groups is 1. The number of thiocarbonyl (C=S) groups is 1. The van der Waals surface area contributed by atoms with E-state index >= 15 is 0 Å². The highest BCUT2D eigenvalue weighted by Crippen LogP contribution is 2.54. The van der Waals surface area contributed by atoms with Crippen molar-refractivity contribution in [1.82, 2.24) is 5.32 Å². The fourth-order valence-electron chi connectivity index (χ4n) is 2.97. The molecule has 4 aliphatic rings. The Kier molecular flexibility index (Phi) is 2.87. The van der Waals surface area contributed by atoms with Gasteiger partial charge in [0.25, 0.3) is 0 Å². The third kappa shape index (κ3) is 1.96. The van der Waals surface area contributed by atoms with Crippen LogP contribution in [-0.2, 0) is 9.84 Å². The topological polar surface area (TPSA) is 58.5 Å². The maximum absolute atomic E-state index is 11.5. The number of piperidine rings is 1. The standard InChI is InChI=1S/C7H10N2O2S2.C6H4/c1-13(10,11)7-3-8-2-5(7)6(7)9-4-12;1-2-5-4-6(5)3-1/h5-6,8H,2-3H2,1H3;1-4H. The minimum atomic E-state index is -3.04. The molecule has 1 aliphatic heterocycles. The molecular weight excluding hydrogens is 280 g/mol. The van der Waals surface area contributed by atoms with Gasteiger partial charge in [-0.15, -0.1) is 0 Å². The zero-order chi connectivity index (χ0) is 13.7. The first-order valence-electron chi connectivity index (χ1n) is 6.08. The predicted molar refractivity (Wildman–Crippen MR) is 78.2 cm³/mol. The van der Waals surface area contributed by atoms with Crippen molar-refractivity contribution in [2.75, 3.05) is 19.3 Å². The summed E-state index contributed by atoms with van der Waals surface area (Å²) < 4.78 is 22.4. The highest BCUT2D eigenvalue weighted by molar-refractivity contribution is 7.92. The number of benzene rings is 1. The summed E-state index contributed by atoms with van der Waals surface area (Å²) in [4.78, 5) is 3.90. The van der Waals surface area contributed by atoms with Crippen LogP contribution in [-0.4, -0.2) is 43.7 Å². The Hall–Kier alpha value is -1.07. The van der Waals surface area contributed by atoms with Gasteiger partial charge in [-0.2, -0.15) is 0 Å². The van der Waals surface area contributed by atoms with Gasteiger partial charge in [-0.3, -0.25) is 0 Å². The van der Waals surface area contributed by atoms with Crippen LogP contribution in [0.5, 0.6) is 0 Å². The van der Waals surface area contributed by atoms with Crippen molar-refractivity contribution < 1.29 is 8.42 Å². The van der Waals surface area contributed by atoms with E-state index in [1.54, 1.807) is 0 Å². The SMILES string of the molecule is CS(=O)(=O)C12CNCC1C2N=C=S.c1cc2cc-2c1. The number of nitrogens with one attached hydrogen (secondary N) is 1. The van der Waals surface area contributed by atoms with Gasteiger partial charge in [0.2, 0.25) is 0 Å². The average molecular weight is 294 g/mol. The highest BCUT2D eigenvalue weighted by atomic mass is 32.2. The molecule has 0 aromatic heterocycles. The van der Waals surface area contributed by atoms with Crippen LogP contribution in [0.2, 0.25) is 0 Å². The first-order chi connectivity index (χ1) is 9.00. The van der Waals surface area contributed by atoms with Crippen molar-refractivity contribution in [1.29, 1.82) is 0 Å². The summed E-state index contributed by atoms with van der Waals surface area (Å²) in [6.07, 6.45) is 1.27.